The molecule has 0 aromatic carbocycles. The Hall–Kier alpha value is -2.95. The Morgan fingerprint density at radius 2 is 1.74 bits per heavy atom. The van der Waals surface area contributed by atoms with Crippen LogP contribution in [-0.4, -0.2) is 99.0 Å². The minimum absolute atomic E-state index is 0.362. The van der Waals surface area contributed by atoms with Crippen molar-refractivity contribution in [3.8, 4) is 0 Å². The van der Waals surface area contributed by atoms with Gasteiger partial charge in [0.15, 0.2) is 5.76 Å². The highest BCUT2D eigenvalue weighted by molar-refractivity contribution is 5.93. The van der Waals surface area contributed by atoms with Gasteiger partial charge in [-0.05, 0) is 6.08 Å². The number of carbonyl (C=O) groups is 4. The fraction of sp³-hybridized carbons (Fsp3) is 0.600. The third-order valence-electron chi connectivity index (χ3n) is 3.53. The van der Waals surface area contributed by atoms with E-state index in [2.05, 4.69) is 10.6 Å². The summed E-state index contributed by atoms with van der Waals surface area (Å²) in [4.78, 5) is 42.5. The molecular formula is C15H22F3N3O10. The zero-order chi connectivity index (χ0) is 24.5. The van der Waals surface area contributed by atoms with Crippen molar-refractivity contribution in [3.63, 3.8) is 0 Å². The molecule has 0 radical (unpaired) electrons. The Bertz CT molecular complexity index is 700. The van der Waals surface area contributed by atoms with Crippen molar-refractivity contribution in [1.82, 2.24) is 10.6 Å². The highest BCUT2D eigenvalue weighted by atomic mass is 19.4. The molecule has 5 atom stereocenters. The second-order valence-corrected chi connectivity index (χ2v) is 6.04. The van der Waals surface area contributed by atoms with Gasteiger partial charge in [0, 0.05) is 6.92 Å². The van der Waals surface area contributed by atoms with Gasteiger partial charge in [0.1, 0.15) is 24.9 Å². The second-order valence-electron chi connectivity index (χ2n) is 6.04. The monoisotopic (exact) mass is 461 g/mol. The summed E-state index contributed by atoms with van der Waals surface area (Å²) >= 11 is 0. The van der Waals surface area contributed by atoms with E-state index >= 15 is 0 Å². The molecule has 1 heterocycles. The Morgan fingerprint density at radius 1 is 1.23 bits per heavy atom. The van der Waals surface area contributed by atoms with Crippen molar-refractivity contribution in [2.75, 3.05) is 13.2 Å². The van der Waals surface area contributed by atoms with Crippen LogP contribution in [0.3, 0.4) is 0 Å². The molecule has 178 valence electrons. The summed E-state index contributed by atoms with van der Waals surface area (Å²) in [6.45, 7) is -0.235. The zero-order valence-electron chi connectivity index (χ0n) is 15.9. The predicted octanol–water partition coefficient (Wildman–Crippen LogP) is -3.35. The number of nitrogens with two attached hydrogens (primary N) is 1. The van der Waals surface area contributed by atoms with E-state index in [0.29, 0.717) is 0 Å². The van der Waals surface area contributed by atoms with E-state index in [1.807, 2.05) is 0 Å². The SMILES string of the molecule is CC(=O)N[C@H]1[C@H]([C@H](O)[C@H](O)CO)OC(C(=O)NCC(=O)O)=C[C@@H]1N.O=C(O)C(F)(F)F. The van der Waals surface area contributed by atoms with E-state index in [9.17, 15) is 37.8 Å². The van der Waals surface area contributed by atoms with Crippen LogP contribution in [0.2, 0.25) is 0 Å². The number of ether oxygens (including phenoxy) is 1. The number of hydrogen-bond acceptors (Lipinski definition) is 9. The van der Waals surface area contributed by atoms with Gasteiger partial charge in [0.2, 0.25) is 5.91 Å². The molecule has 1 aliphatic rings. The molecule has 1 rings (SSSR count). The van der Waals surface area contributed by atoms with Gasteiger partial charge in [-0.1, -0.05) is 0 Å². The molecular weight excluding hydrogens is 439 g/mol. The number of aliphatic carboxylic acids is 2. The summed E-state index contributed by atoms with van der Waals surface area (Å²) in [6, 6.07) is -1.94. The van der Waals surface area contributed by atoms with Crippen LogP contribution >= 0.6 is 0 Å². The number of halogens is 3. The van der Waals surface area contributed by atoms with E-state index in [1.54, 1.807) is 0 Å². The van der Waals surface area contributed by atoms with E-state index < -0.39 is 73.5 Å². The number of carbonyl (C=O) groups excluding carboxylic acids is 2. The van der Waals surface area contributed by atoms with Gasteiger partial charge >= 0.3 is 18.1 Å². The van der Waals surface area contributed by atoms with Crippen LogP contribution in [-0.2, 0) is 23.9 Å². The molecule has 0 aromatic rings. The summed E-state index contributed by atoms with van der Waals surface area (Å²) in [6.07, 6.45) is -8.51. The van der Waals surface area contributed by atoms with Crippen LogP contribution in [0, 0.1) is 0 Å². The smallest absolute Gasteiger partial charge is 0.480 e. The molecule has 0 aliphatic carbocycles. The topological polar surface area (TPSA) is 229 Å². The lowest BCUT2D eigenvalue weighted by Gasteiger charge is -2.39. The number of alkyl halides is 3. The quantitative estimate of drug-likeness (QED) is 0.187. The Kier molecular flexibility index (Phi) is 10.9. The molecule has 0 bridgehead atoms. The molecule has 9 N–H and O–H groups in total. The van der Waals surface area contributed by atoms with Gasteiger partial charge in [-0.15, -0.1) is 0 Å². The van der Waals surface area contributed by atoms with E-state index in [0.717, 1.165) is 6.08 Å². The molecule has 0 spiro atoms. The normalized spacial score (nSPS) is 22.5. The van der Waals surface area contributed by atoms with Gasteiger partial charge in [-0.25, -0.2) is 4.79 Å². The lowest BCUT2D eigenvalue weighted by Crippen LogP contribution is -2.62. The van der Waals surface area contributed by atoms with Crippen LogP contribution in [0.1, 0.15) is 6.92 Å². The lowest BCUT2D eigenvalue weighted by atomic mass is 9.92. The molecule has 0 saturated carbocycles. The maximum absolute atomic E-state index is 11.9. The van der Waals surface area contributed by atoms with Crippen molar-refractivity contribution < 1.29 is 62.6 Å². The number of amides is 2. The highest BCUT2D eigenvalue weighted by Gasteiger charge is 2.42. The molecule has 0 unspecified atom stereocenters. The van der Waals surface area contributed by atoms with Crippen LogP contribution in [0.4, 0.5) is 13.2 Å². The van der Waals surface area contributed by atoms with Crippen molar-refractivity contribution >= 4 is 23.8 Å². The summed E-state index contributed by atoms with van der Waals surface area (Å²) in [7, 11) is 0. The standard InChI is InChI=1S/C13H21N3O8.C2HF3O2/c1-5(18)16-10-6(14)2-8(13(23)15-3-9(20)21)24-12(10)11(22)7(19)4-17;3-2(4,5)1(6)7/h2,6-7,10-12,17,19,22H,3-4,14H2,1H3,(H,15,23)(H,16,18)(H,20,21);(H,6,7)/t6-,7+,10+,11+,12+;/m0./s1. The van der Waals surface area contributed by atoms with Gasteiger partial charge < -0.3 is 46.6 Å². The molecule has 0 fully saturated rings. The summed E-state index contributed by atoms with van der Waals surface area (Å²) in [5, 5.41) is 48.8. The largest absolute Gasteiger partial charge is 0.490 e. The zero-order valence-corrected chi connectivity index (χ0v) is 15.9. The highest BCUT2D eigenvalue weighted by Crippen LogP contribution is 2.22. The van der Waals surface area contributed by atoms with Gasteiger partial charge in [0.05, 0.1) is 18.7 Å². The molecule has 31 heavy (non-hydrogen) atoms. The average molecular weight is 461 g/mol. The van der Waals surface area contributed by atoms with E-state index in [4.69, 9.17) is 30.6 Å². The van der Waals surface area contributed by atoms with Gasteiger partial charge in [0.25, 0.3) is 5.91 Å². The first-order valence-corrected chi connectivity index (χ1v) is 8.30. The minimum Gasteiger partial charge on any atom is -0.480 e. The number of aliphatic hydroxyl groups is 3. The number of nitrogens with one attached hydrogen (secondary N) is 2. The fourth-order valence-corrected chi connectivity index (χ4v) is 2.15. The summed E-state index contributed by atoms with van der Waals surface area (Å²) in [5.74, 6) is -5.76. The third kappa shape index (κ3) is 9.60. The van der Waals surface area contributed by atoms with E-state index in [1.165, 1.54) is 6.92 Å². The number of hydrogen-bond donors (Lipinski definition) is 8. The average Bonchev–Trinajstić information content (AvgIpc) is 2.65. The van der Waals surface area contributed by atoms with Crippen LogP contribution in [0.15, 0.2) is 11.8 Å². The molecule has 2 amide bonds. The molecule has 1 aliphatic heterocycles. The van der Waals surface area contributed by atoms with Crippen molar-refractivity contribution in [2.24, 2.45) is 5.73 Å². The first kappa shape index (κ1) is 28.1. The molecule has 0 saturated heterocycles. The van der Waals surface area contributed by atoms with Crippen molar-refractivity contribution in [2.45, 2.75) is 43.5 Å². The predicted molar refractivity (Wildman–Crippen MR) is 92.0 cm³/mol. The van der Waals surface area contributed by atoms with Crippen molar-refractivity contribution in [1.29, 1.82) is 0 Å². The Balaban J connectivity index is 0.00000110. The first-order valence-electron chi connectivity index (χ1n) is 8.30. The maximum atomic E-state index is 11.9. The summed E-state index contributed by atoms with van der Waals surface area (Å²) in [5.41, 5.74) is 5.86. The van der Waals surface area contributed by atoms with Crippen LogP contribution in [0.5, 0.6) is 0 Å². The third-order valence-corrected chi connectivity index (χ3v) is 3.53. The second kappa shape index (κ2) is 12.0. The van der Waals surface area contributed by atoms with Gasteiger partial charge in [-0.2, -0.15) is 13.2 Å². The maximum Gasteiger partial charge on any atom is 0.490 e. The Labute approximate surface area is 172 Å². The fourth-order valence-electron chi connectivity index (χ4n) is 2.15. The Morgan fingerprint density at radius 3 is 2.13 bits per heavy atom. The first-order chi connectivity index (χ1) is 14.1. The van der Waals surface area contributed by atoms with E-state index in [-0.39, 0.29) is 5.76 Å². The van der Waals surface area contributed by atoms with Crippen LogP contribution in [0.25, 0.3) is 0 Å². The van der Waals surface area contributed by atoms with Crippen LogP contribution < -0.4 is 16.4 Å². The molecule has 0 aromatic heterocycles. The van der Waals surface area contributed by atoms with Gasteiger partial charge in [-0.3, -0.25) is 14.4 Å². The number of carboxylic acid groups (broad SMARTS) is 2. The number of carboxylic acids is 2. The molecule has 16 heteroatoms. The summed E-state index contributed by atoms with van der Waals surface area (Å²) < 4.78 is 37.0. The van der Waals surface area contributed by atoms with Crippen molar-refractivity contribution in [3.05, 3.63) is 11.8 Å². The number of rotatable bonds is 7. The number of aliphatic hydroxyl groups excluding tert-OH is 3. The minimum atomic E-state index is -5.08. The molecule has 13 nitrogen and oxygen atoms in total. The lowest BCUT2D eigenvalue weighted by molar-refractivity contribution is -0.192.